The summed E-state index contributed by atoms with van der Waals surface area (Å²) in [6, 6.07) is 5.74. The Morgan fingerprint density at radius 2 is 1.60 bits per heavy atom. The van der Waals surface area contributed by atoms with Gasteiger partial charge in [0.2, 0.25) is 0 Å². The standard InChI is InChI=1S/C21H32O9/c1-11(2)13-6-5-7-14(12(3)4)19(13)30-21(26)28-9-8-27-20-18(25)17(24)16(23)15(10-22)29-20/h5-7,11-12,15-18,20,22-25H,8-10H2,1-4H3. The lowest BCUT2D eigenvalue weighted by atomic mass is 9.94. The van der Waals surface area contributed by atoms with Crippen molar-refractivity contribution in [3.05, 3.63) is 29.3 Å². The molecule has 5 unspecified atom stereocenters. The van der Waals surface area contributed by atoms with Gasteiger partial charge in [0.25, 0.3) is 0 Å². The summed E-state index contributed by atoms with van der Waals surface area (Å²) >= 11 is 0. The van der Waals surface area contributed by atoms with Crippen LogP contribution >= 0.6 is 0 Å². The molecular weight excluding hydrogens is 396 g/mol. The molecule has 9 nitrogen and oxygen atoms in total. The van der Waals surface area contributed by atoms with Crippen LogP contribution < -0.4 is 4.74 Å². The molecule has 1 saturated heterocycles. The van der Waals surface area contributed by atoms with Crippen molar-refractivity contribution >= 4 is 6.16 Å². The average molecular weight is 428 g/mol. The third-order valence-corrected chi connectivity index (χ3v) is 4.94. The summed E-state index contributed by atoms with van der Waals surface area (Å²) in [4.78, 5) is 12.2. The number of benzene rings is 1. The molecule has 0 aliphatic carbocycles. The second kappa shape index (κ2) is 11.0. The Morgan fingerprint density at radius 1 is 1.00 bits per heavy atom. The Hall–Kier alpha value is -1.75. The largest absolute Gasteiger partial charge is 0.513 e. The third kappa shape index (κ3) is 5.90. The number of rotatable bonds is 8. The number of ether oxygens (including phenoxy) is 4. The molecule has 4 N–H and O–H groups in total. The van der Waals surface area contributed by atoms with E-state index < -0.39 is 43.5 Å². The minimum Gasteiger partial charge on any atom is -0.432 e. The molecule has 30 heavy (non-hydrogen) atoms. The fraction of sp³-hybridized carbons (Fsp3) is 0.667. The molecule has 1 aromatic carbocycles. The summed E-state index contributed by atoms with van der Waals surface area (Å²) in [6.45, 7) is 7.13. The monoisotopic (exact) mass is 428 g/mol. The van der Waals surface area contributed by atoms with Crippen molar-refractivity contribution in [3.8, 4) is 5.75 Å². The van der Waals surface area contributed by atoms with E-state index in [0.717, 1.165) is 11.1 Å². The molecule has 1 aliphatic heterocycles. The van der Waals surface area contributed by atoms with Gasteiger partial charge in [-0.2, -0.15) is 0 Å². The van der Waals surface area contributed by atoms with Gasteiger partial charge in [-0.25, -0.2) is 4.79 Å². The number of aliphatic hydroxyl groups excluding tert-OH is 4. The molecule has 1 heterocycles. The van der Waals surface area contributed by atoms with Crippen molar-refractivity contribution in [3.63, 3.8) is 0 Å². The molecule has 0 spiro atoms. The van der Waals surface area contributed by atoms with E-state index in [4.69, 9.17) is 18.9 Å². The molecule has 5 atom stereocenters. The number of para-hydroxylation sites is 1. The number of hydrogen-bond donors (Lipinski definition) is 4. The molecule has 0 bridgehead atoms. The van der Waals surface area contributed by atoms with Gasteiger partial charge in [-0.15, -0.1) is 0 Å². The Kier molecular flexibility index (Phi) is 9.02. The fourth-order valence-corrected chi connectivity index (χ4v) is 3.21. The molecule has 0 aromatic heterocycles. The van der Waals surface area contributed by atoms with Crippen molar-refractivity contribution in [2.24, 2.45) is 0 Å². The van der Waals surface area contributed by atoms with Crippen LogP contribution in [0.25, 0.3) is 0 Å². The highest BCUT2D eigenvalue weighted by atomic mass is 16.7. The van der Waals surface area contributed by atoms with Crippen LogP contribution in [0.15, 0.2) is 18.2 Å². The minimum atomic E-state index is -1.53. The smallest absolute Gasteiger partial charge is 0.432 e. The molecule has 0 saturated carbocycles. The zero-order valence-electron chi connectivity index (χ0n) is 17.7. The molecule has 1 fully saturated rings. The maximum absolute atomic E-state index is 12.2. The fourth-order valence-electron chi connectivity index (χ4n) is 3.21. The van der Waals surface area contributed by atoms with Crippen LogP contribution in [-0.2, 0) is 14.2 Å². The van der Waals surface area contributed by atoms with Crippen molar-refractivity contribution in [2.75, 3.05) is 19.8 Å². The SMILES string of the molecule is CC(C)c1cccc(C(C)C)c1OC(=O)OCCOC1OC(CO)C(O)C(O)C1O. The maximum Gasteiger partial charge on any atom is 0.513 e. The van der Waals surface area contributed by atoms with Gasteiger partial charge < -0.3 is 39.4 Å². The predicted molar refractivity (Wildman–Crippen MR) is 106 cm³/mol. The molecular formula is C21H32O9. The van der Waals surface area contributed by atoms with E-state index in [9.17, 15) is 25.2 Å². The van der Waals surface area contributed by atoms with Crippen LogP contribution in [0.4, 0.5) is 4.79 Å². The highest BCUT2D eigenvalue weighted by molar-refractivity contribution is 5.66. The highest BCUT2D eigenvalue weighted by Crippen LogP contribution is 2.34. The summed E-state index contributed by atoms with van der Waals surface area (Å²) in [5, 5.41) is 38.6. The lowest BCUT2D eigenvalue weighted by Gasteiger charge is -2.39. The quantitative estimate of drug-likeness (QED) is 0.274. The number of aliphatic hydroxyl groups is 4. The molecule has 2 rings (SSSR count). The first-order valence-electron chi connectivity index (χ1n) is 10.1. The predicted octanol–water partition coefficient (Wildman–Crippen LogP) is 1.27. The van der Waals surface area contributed by atoms with Gasteiger partial charge in [0.05, 0.1) is 13.2 Å². The summed E-state index contributed by atoms with van der Waals surface area (Å²) in [6.07, 6.45) is -7.75. The first-order valence-corrected chi connectivity index (χ1v) is 10.1. The first-order chi connectivity index (χ1) is 14.2. The average Bonchev–Trinajstić information content (AvgIpc) is 2.70. The number of carbonyl (C=O) groups excluding carboxylic acids is 1. The van der Waals surface area contributed by atoms with Crippen molar-refractivity contribution < 1.29 is 44.2 Å². The van der Waals surface area contributed by atoms with E-state index in [2.05, 4.69) is 0 Å². The molecule has 0 amide bonds. The summed E-state index contributed by atoms with van der Waals surface area (Å²) in [5.41, 5.74) is 1.80. The molecule has 0 radical (unpaired) electrons. The van der Waals surface area contributed by atoms with Crippen LogP contribution in [-0.4, -0.2) is 77.1 Å². The van der Waals surface area contributed by atoms with Gasteiger partial charge >= 0.3 is 6.16 Å². The third-order valence-electron chi connectivity index (χ3n) is 4.94. The van der Waals surface area contributed by atoms with Gasteiger partial charge in [-0.1, -0.05) is 45.9 Å². The van der Waals surface area contributed by atoms with Crippen LogP contribution in [0.5, 0.6) is 5.75 Å². The second-order valence-electron chi connectivity index (χ2n) is 7.84. The van der Waals surface area contributed by atoms with Gasteiger partial charge in [-0.3, -0.25) is 0 Å². The summed E-state index contributed by atoms with van der Waals surface area (Å²) in [5.74, 6) is 0.796. The molecule has 1 aliphatic rings. The van der Waals surface area contributed by atoms with Crippen molar-refractivity contribution in [1.82, 2.24) is 0 Å². The molecule has 1 aromatic rings. The lowest BCUT2D eigenvalue weighted by molar-refractivity contribution is -0.302. The molecule has 9 heteroatoms. The van der Waals surface area contributed by atoms with E-state index in [0.29, 0.717) is 5.75 Å². The van der Waals surface area contributed by atoms with Crippen LogP contribution in [0.3, 0.4) is 0 Å². The van der Waals surface area contributed by atoms with Crippen molar-refractivity contribution in [1.29, 1.82) is 0 Å². The van der Waals surface area contributed by atoms with E-state index in [1.807, 2.05) is 45.9 Å². The van der Waals surface area contributed by atoms with Crippen LogP contribution in [0, 0.1) is 0 Å². The topological polar surface area (TPSA) is 135 Å². The Bertz CT molecular complexity index is 663. The summed E-state index contributed by atoms with van der Waals surface area (Å²) in [7, 11) is 0. The lowest BCUT2D eigenvalue weighted by Crippen LogP contribution is -2.59. The Morgan fingerprint density at radius 3 is 2.13 bits per heavy atom. The second-order valence-corrected chi connectivity index (χ2v) is 7.84. The van der Waals surface area contributed by atoms with Crippen LogP contribution in [0.1, 0.15) is 50.7 Å². The highest BCUT2D eigenvalue weighted by Gasteiger charge is 2.43. The Balaban J connectivity index is 1.89. The van der Waals surface area contributed by atoms with Crippen molar-refractivity contribution in [2.45, 2.75) is 70.2 Å². The summed E-state index contributed by atoms with van der Waals surface area (Å²) < 4.78 is 21.0. The molecule has 170 valence electrons. The number of hydrogen-bond acceptors (Lipinski definition) is 9. The zero-order valence-corrected chi connectivity index (χ0v) is 17.7. The van der Waals surface area contributed by atoms with E-state index in [1.165, 1.54) is 0 Å². The van der Waals surface area contributed by atoms with Gasteiger partial charge in [-0.05, 0) is 23.0 Å². The van der Waals surface area contributed by atoms with E-state index in [1.54, 1.807) is 0 Å². The first kappa shape index (κ1) is 24.5. The number of carbonyl (C=O) groups is 1. The van der Waals surface area contributed by atoms with Crippen LogP contribution in [0.2, 0.25) is 0 Å². The minimum absolute atomic E-state index is 0.152. The van der Waals surface area contributed by atoms with E-state index in [-0.39, 0.29) is 25.0 Å². The maximum atomic E-state index is 12.2. The van der Waals surface area contributed by atoms with E-state index >= 15 is 0 Å². The normalized spacial score (nSPS) is 26.8. The van der Waals surface area contributed by atoms with Gasteiger partial charge in [0.15, 0.2) is 6.29 Å². The van der Waals surface area contributed by atoms with Gasteiger partial charge in [0.1, 0.15) is 36.8 Å². The van der Waals surface area contributed by atoms with Gasteiger partial charge in [0, 0.05) is 0 Å². The zero-order chi connectivity index (χ0) is 22.4. The Labute approximate surface area is 176 Å².